The number of hydrogen-bond acceptors (Lipinski definition) is 4. The van der Waals surface area contributed by atoms with Crippen LogP contribution < -0.4 is 11.1 Å². The first-order chi connectivity index (χ1) is 15.1. The third-order valence-corrected chi connectivity index (χ3v) is 4.76. The zero-order valence-corrected chi connectivity index (χ0v) is 18.2. The number of ether oxygens (including phenoxy) is 2. The molecular weight excluding hydrogens is 384 g/mol. The van der Waals surface area contributed by atoms with Crippen LogP contribution in [0, 0.1) is 6.92 Å². The molecule has 4 heteroatoms. The van der Waals surface area contributed by atoms with Crippen LogP contribution in [0.2, 0.25) is 0 Å². The van der Waals surface area contributed by atoms with E-state index in [1.807, 2.05) is 73.8 Å². The Hall–Kier alpha value is -3.66. The van der Waals surface area contributed by atoms with E-state index < -0.39 is 0 Å². The summed E-state index contributed by atoms with van der Waals surface area (Å²) in [5, 5.41) is 3.12. The average Bonchev–Trinajstić information content (AvgIpc) is 2.80. The van der Waals surface area contributed by atoms with Crippen molar-refractivity contribution < 1.29 is 9.47 Å². The third kappa shape index (κ3) is 7.27. The lowest BCUT2D eigenvalue weighted by molar-refractivity contribution is 0.134. The van der Waals surface area contributed by atoms with Gasteiger partial charge >= 0.3 is 0 Å². The molecule has 3 N–H and O–H groups in total. The van der Waals surface area contributed by atoms with Gasteiger partial charge in [-0.1, -0.05) is 90.5 Å². The number of rotatable bonds is 10. The lowest BCUT2D eigenvalue weighted by Gasteiger charge is -2.16. The van der Waals surface area contributed by atoms with Crippen LogP contribution in [0.1, 0.15) is 22.3 Å². The molecule has 0 saturated heterocycles. The fourth-order valence-electron chi connectivity index (χ4n) is 3.07. The number of allylic oxidation sites excluding steroid dienone is 2. The van der Waals surface area contributed by atoms with Gasteiger partial charge in [-0.2, -0.15) is 0 Å². The molecule has 0 spiro atoms. The van der Waals surface area contributed by atoms with E-state index in [2.05, 4.69) is 36.5 Å². The van der Waals surface area contributed by atoms with Crippen molar-refractivity contribution in [2.45, 2.75) is 26.6 Å². The van der Waals surface area contributed by atoms with E-state index in [-0.39, 0.29) is 0 Å². The molecule has 0 saturated carbocycles. The minimum atomic E-state index is 0.421. The number of nitrogens with two attached hydrogens (primary N) is 1. The predicted octanol–water partition coefficient (Wildman–Crippen LogP) is 5.20. The molecule has 0 bridgehead atoms. The standard InChI is InChI=1S/C27H30N2O2/c1-21-13-15-22(16-14-21)17-25(28)18-26(30-19-23-9-5-3-6-10-23)27(29-2)31-20-24-11-7-4-8-12-24/h3-16,18,29H,17,19-20,28H2,1-2H3/b25-18-,27-26-. The Morgan fingerprint density at radius 3 is 1.87 bits per heavy atom. The fourth-order valence-corrected chi connectivity index (χ4v) is 3.07. The Bertz CT molecular complexity index is 994. The quantitative estimate of drug-likeness (QED) is 0.354. The maximum atomic E-state index is 6.38. The second-order valence-corrected chi connectivity index (χ2v) is 7.37. The van der Waals surface area contributed by atoms with Gasteiger partial charge in [0.15, 0.2) is 5.76 Å². The summed E-state index contributed by atoms with van der Waals surface area (Å²) in [5.41, 5.74) is 11.6. The monoisotopic (exact) mass is 414 g/mol. The first-order valence-electron chi connectivity index (χ1n) is 10.4. The van der Waals surface area contributed by atoms with Gasteiger partial charge in [-0.05, 0) is 23.6 Å². The van der Waals surface area contributed by atoms with Gasteiger partial charge in [0.25, 0.3) is 0 Å². The molecule has 0 heterocycles. The topological polar surface area (TPSA) is 56.5 Å². The second kappa shape index (κ2) is 11.5. The van der Waals surface area contributed by atoms with Gasteiger partial charge in [-0.25, -0.2) is 0 Å². The van der Waals surface area contributed by atoms with Crippen molar-refractivity contribution in [1.29, 1.82) is 0 Å². The number of aryl methyl sites for hydroxylation is 1. The summed E-state index contributed by atoms with van der Waals surface area (Å²) in [5.74, 6) is 1.12. The molecule has 31 heavy (non-hydrogen) atoms. The molecule has 0 radical (unpaired) electrons. The van der Waals surface area contributed by atoms with Gasteiger partial charge in [0, 0.05) is 25.2 Å². The summed E-state index contributed by atoms with van der Waals surface area (Å²) in [6.45, 7) is 2.93. The minimum Gasteiger partial charge on any atom is -0.483 e. The number of nitrogens with one attached hydrogen (secondary N) is 1. The molecule has 0 aliphatic heterocycles. The predicted molar refractivity (Wildman–Crippen MR) is 126 cm³/mol. The highest BCUT2D eigenvalue weighted by Crippen LogP contribution is 2.16. The van der Waals surface area contributed by atoms with Gasteiger partial charge < -0.3 is 20.5 Å². The lowest BCUT2D eigenvalue weighted by Crippen LogP contribution is -2.15. The molecule has 160 valence electrons. The van der Waals surface area contributed by atoms with E-state index >= 15 is 0 Å². The molecule has 0 aromatic heterocycles. The number of benzene rings is 3. The van der Waals surface area contributed by atoms with Crippen molar-refractivity contribution in [3.63, 3.8) is 0 Å². The molecule has 4 nitrogen and oxygen atoms in total. The zero-order valence-electron chi connectivity index (χ0n) is 18.2. The summed E-state index contributed by atoms with van der Waals surface area (Å²) in [7, 11) is 1.82. The molecule has 0 aliphatic carbocycles. The third-order valence-electron chi connectivity index (χ3n) is 4.76. The van der Waals surface area contributed by atoms with Gasteiger partial charge in [0.2, 0.25) is 5.88 Å². The first-order valence-corrected chi connectivity index (χ1v) is 10.4. The van der Waals surface area contributed by atoms with Crippen LogP contribution in [0.3, 0.4) is 0 Å². The average molecular weight is 415 g/mol. The molecule has 3 aromatic carbocycles. The van der Waals surface area contributed by atoms with Crippen molar-refractivity contribution >= 4 is 0 Å². The molecule has 3 aromatic rings. The Morgan fingerprint density at radius 2 is 1.32 bits per heavy atom. The van der Waals surface area contributed by atoms with E-state index in [4.69, 9.17) is 15.2 Å². The van der Waals surface area contributed by atoms with Crippen LogP contribution in [0.25, 0.3) is 0 Å². The summed E-state index contributed by atoms with van der Waals surface area (Å²) < 4.78 is 12.2. The fraction of sp³-hybridized carbons (Fsp3) is 0.185. The Balaban J connectivity index is 1.80. The summed E-state index contributed by atoms with van der Waals surface area (Å²) in [6.07, 6.45) is 2.48. The maximum Gasteiger partial charge on any atom is 0.230 e. The normalized spacial score (nSPS) is 12.1. The smallest absolute Gasteiger partial charge is 0.230 e. The van der Waals surface area contributed by atoms with Crippen molar-refractivity contribution in [2.24, 2.45) is 5.73 Å². The summed E-state index contributed by atoms with van der Waals surface area (Å²) >= 11 is 0. The largest absolute Gasteiger partial charge is 0.483 e. The van der Waals surface area contributed by atoms with E-state index in [0.29, 0.717) is 37.0 Å². The van der Waals surface area contributed by atoms with Gasteiger partial charge in [0.1, 0.15) is 13.2 Å². The van der Waals surface area contributed by atoms with Crippen molar-refractivity contribution in [3.8, 4) is 0 Å². The van der Waals surface area contributed by atoms with Gasteiger partial charge in [-0.15, -0.1) is 0 Å². The second-order valence-electron chi connectivity index (χ2n) is 7.37. The first kappa shape index (κ1) is 22.0. The Labute approximate surface area is 185 Å². The van der Waals surface area contributed by atoms with E-state index in [0.717, 1.165) is 16.7 Å². The van der Waals surface area contributed by atoms with E-state index in [1.54, 1.807) is 0 Å². The van der Waals surface area contributed by atoms with Crippen LogP contribution in [0.4, 0.5) is 0 Å². The molecule has 0 fully saturated rings. The Kier molecular flexibility index (Phi) is 8.18. The van der Waals surface area contributed by atoms with E-state index in [1.165, 1.54) is 5.56 Å². The van der Waals surface area contributed by atoms with Crippen LogP contribution >= 0.6 is 0 Å². The highest BCUT2D eigenvalue weighted by molar-refractivity contribution is 5.28. The number of hydrogen-bond donors (Lipinski definition) is 2. The van der Waals surface area contributed by atoms with Gasteiger partial charge in [-0.3, -0.25) is 0 Å². The Morgan fingerprint density at radius 1 is 0.774 bits per heavy atom. The SMILES string of the molecule is CN/C(OCc1ccccc1)=C(\C=C(/N)Cc1ccc(C)cc1)OCc1ccccc1. The molecule has 3 rings (SSSR count). The minimum absolute atomic E-state index is 0.421. The molecule has 0 aliphatic rings. The molecule has 0 atom stereocenters. The highest BCUT2D eigenvalue weighted by Gasteiger charge is 2.10. The van der Waals surface area contributed by atoms with Crippen LogP contribution in [0.5, 0.6) is 0 Å². The van der Waals surface area contributed by atoms with Gasteiger partial charge in [0.05, 0.1) is 0 Å². The highest BCUT2D eigenvalue weighted by atomic mass is 16.5. The molecular formula is C27H30N2O2. The van der Waals surface area contributed by atoms with E-state index in [9.17, 15) is 0 Å². The van der Waals surface area contributed by atoms with Crippen molar-refractivity contribution in [1.82, 2.24) is 5.32 Å². The van der Waals surface area contributed by atoms with Crippen molar-refractivity contribution in [3.05, 3.63) is 131 Å². The summed E-state index contributed by atoms with van der Waals surface area (Å²) in [6, 6.07) is 28.4. The molecule has 0 amide bonds. The van der Waals surface area contributed by atoms with Crippen molar-refractivity contribution in [2.75, 3.05) is 7.05 Å². The summed E-state index contributed by atoms with van der Waals surface area (Å²) in [4.78, 5) is 0. The van der Waals surface area contributed by atoms with Crippen LogP contribution in [0.15, 0.2) is 108 Å². The van der Waals surface area contributed by atoms with Crippen LogP contribution in [-0.2, 0) is 29.1 Å². The lowest BCUT2D eigenvalue weighted by atomic mass is 10.1. The maximum absolute atomic E-state index is 6.38. The molecule has 0 unspecified atom stereocenters. The zero-order chi connectivity index (χ0) is 21.9. The van der Waals surface area contributed by atoms with Crippen LogP contribution in [-0.4, -0.2) is 7.05 Å².